The van der Waals surface area contributed by atoms with Crippen molar-refractivity contribution in [2.75, 3.05) is 18.5 Å². The summed E-state index contributed by atoms with van der Waals surface area (Å²) in [4.78, 5) is 22.9. The molecule has 0 unspecified atom stereocenters. The molecular weight excluding hydrogens is 399 g/mol. The number of anilines is 1. The molecule has 0 heterocycles. The Morgan fingerprint density at radius 3 is 2.56 bits per heavy atom. The van der Waals surface area contributed by atoms with Crippen LogP contribution in [0.4, 0.5) is 10.1 Å². The smallest absolute Gasteiger partial charge is 0.321 e. The van der Waals surface area contributed by atoms with Gasteiger partial charge in [-0.3, -0.25) is 9.59 Å². The number of aryl methyl sites for hydroxylation is 1. The summed E-state index contributed by atoms with van der Waals surface area (Å²) in [5, 5.41) is 3.05. The third-order valence-corrected chi connectivity index (χ3v) is 5.03. The van der Waals surface area contributed by atoms with Gasteiger partial charge in [-0.2, -0.15) is 4.72 Å². The van der Waals surface area contributed by atoms with Crippen LogP contribution in [0.5, 0.6) is 0 Å². The van der Waals surface area contributed by atoms with Crippen LogP contribution in [-0.2, 0) is 24.3 Å². The van der Waals surface area contributed by atoms with Crippen molar-refractivity contribution in [1.29, 1.82) is 0 Å². The summed E-state index contributed by atoms with van der Waals surface area (Å²) in [7, 11) is -4.22. The SMILES string of the molecule is Cc1cc(Cl)ccc1NC(=O)COC(=O)CNS(=O)(=O)c1ccccc1F. The number of esters is 1. The molecular formula is C17H16ClFN2O5S. The second kappa shape index (κ2) is 8.94. The summed E-state index contributed by atoms with van der Waals surface area (Å²) in [6.07, 6.45) is 0. The Morgan fingerprint density at radius 1 is 1.19 bits per heavy atom. The lowest BCUT2D eigenvalue weighted by atomic mass is 10.2. The van der Waals surface area contributed by atoms with E-state index in [1.54, 1.807) is 25.1 Å². The van der Waals surface area contributed by atoms with E-state index in [0.717, 1.165) is 17.7 Å². The molecule has 0 aliphatic heterocycles. The van der Waals surface area contributed by atoms with Gasteiger partial charge in [-0.05, 0) is 42.8 Å². The fourth-order valence-corrected chi connectivity index (χ4v) is 3.32. The van der Waals surface area contributed by atoms with Crippen LogP contribution in [0.3, 0.4) is 0 Å². The Morgan fingerprint density at radius 2 is 1.89 bits per heavy atom. The van der Waals surface area contributed by atoms with Gasteiger partial charge in [0.25, 0.3) is 5.91 Å². The third-order valence-electron chi connectivity index (χ3n) is 3.36. The molecule has 2 N–H and O–H groups in total. The van der Waals surface area contributed by atoms with Gasteiger partial charge < -0.3 is 10.1 Å². The first-order chi connectivity index (χ1) is 12.7. The fourth-order valence-electron chi connectivity index (χ4n) is 2.05. The topological polar surface area (TPSA) is 102 Å². The van der Waals surface area contributed by atoms with E-state index in [1.807, 2.05) is 4.72 Å². The predicted octanol–water partition coefficient (Wildman–Crippen LogP) is 2.25. The van der Waals surface area contributed by atoms with Crippen LogP contribution >= 0.6 is 11.6 Å². The molecule has 0 aliphatic carbocycles. The number of hydrogen-bond donors (Lipinski definition) is 2. The molecule has 0 atom stereocenters. The zero-order valence-electron chi connectivity index (χ0n) is 14.2. The Bertz CT molecular complexity index is 966. The van der Waals surface area contributed by atoms with E-state index in [4.69, 9.17) is 16.3 Å². The third kappa shape index (κ3) is 6.02. The molecule has 27 heavy (non-hydrogen) atoms. The number of ether oxygens (including phenoxy) is 1. The van der Waals surface area contributed by atoms with Gasteiger partial charge in [0.15, 0.2) is 6.61 Å². The van der Waals surface area contributed by atoms with Crippen molar-refractivity contribution in [3.63, 3.8) is 0 Å². The van der Waals surface area contributed by atoms with Crippen molar-refractivity contribution in [2.24, 2.45) is 0 Å². The maximum atomic E-state index is 13.5. The largest absolute Gasteiger partial charge is 0.455 e. The summed E-state index contributed by atoms with van der Waals surface area (Å²) in [6.45, 7) is 0.386. The van der Waals surface area contributed by atoms with Crippen LogP contribution in [0.25, 0.3) is 0 Å². The van der Waals surface area contributed by atoms with Gasteiger partial charge in [-0.1, -0.05) is 23.7 Å². The zero-order chi connectivity index (χ0) is 20.0. The van der Waals surface area contributed by atoms with E-state index in [2.05, 4.69) is 5.32 Å². The summed E-state index contributed by atoms with van der Waals surface area (Å²) >= 11 is 5.82. The number of carbonyl (C=O) groups excluding carboxylic acids is 2. The number of carbonyl (C=O) groups is 2. The summed E-state index contributed by atoms with van der Waals surface area (Å²) < 4.78 is 44.1. The number of hydrogen-bond acceptors (Lipinski definition) is 5. The van der Waals surface area contributed by atoms with Gasteiger partial charge in [0.2, 0.25) is 10.0 Å². The first-order valence-electron chi connectivity index (χ1n) is 7.65. The van der Waals surface area contributed by atoms with Gasteiger partial charge in [-0.25, -0.2) is 12.8 Å². The minimum Gasteiger partial charge on any atom is -0.455 e. The van der Waals surface area contributed by atoms with Gasteiger partial charge in [0.1, 0.15) is 17.3 Å². The minimum atomic E-state index is -4.22. The summed E-state index contributed by atoms with van der Waals surface area (Å²) in [5.41, 5.74) is 1.22. The standard InChI is InChI=1S/C17H16ClFN2O5S/c1-11-8-12(18)6-7-14(11)21-16(22)10-26-17(23)9-20-27(24,25)15-5-3-2-4-13(15)19/h2-8,20H,9-10H2,1H3,(H,21,22). The number of benzene rings is 2. The molecule has 2 aromatic carbocycles. The van der Waals surface area contributed by atoms with E-state index in [1.165, 1.54) is 12.1 Å². The van der Waals surface area contributed by atoms with Crippen molar-refractivity contribution >= 4 is 39.2 Å². The molecule has 10 heteroatoms. The number of sulfonamides is 1. The van der Waals surface area contributed by atoms with Crippen LogP contribution in [0.2, 0.25) is 5.02 Å². The monoisotopic (exact) mass is 414 g/mol. The van der Waals surface area contributed by atoms with Crippen LogP contribution in [0.15, 0.2) is 47.4 Å². The van der Waals surface area contributed by atoms with E-state index in [9.17, 15) is 22.4 Å². The van der Waals surface area contributed by atoms with Crippen LogP contribution in [0, 0.1) is 12.7 Å². The Labute approximate surface area is 160 Å². The number of nitrogens with one attached hydrogen (secondary N) is 2. The van der Waals surface area contributed by atoms with E-state index < -0.39 is 45.8 Å². The van der Waals surface area contributed by atoms with Gasteiger partial charge in [-0.15, -0.1) is 0 Å². The molecule has 0 radical (unpaired) electrons. The first-order valence-corrected chi connectivity index (χ1v) is 9.51. The highest BCUT2D eigenvalue weighted by molar-refractivity contribution is 7.89. The Hall–Kier alpha value is -2.49. The molecule has 0 saturated heterocycles. The molecule has 0 fully saturated rings. The highest BCUT2D eigenvalue weighted by Crippen LogP contribution is 2.19. The Balaban J connectivity index is 1.84. The predicted molar refractivity (Wildman–Crippen MR) is 97.4 cm³/mol. The van der Waals surface area contributed by atoms with Gasteiger partial charge >= 0.3 is 5.97 Å². The Kier molecular flexibility index (Phi) is 6.89. The maximum absolute atomic E-state index is 13.5. The van der Waals surface area contributed by atoms with Crippen molar-refractivity contribution in [3.05, 3.63) is 58.9 Å². The average molecular weight is 415 g/mol. The lowest BCUT2D eigenvalue weighted by molar-refractivity contribution is -0.146. The average Bonchev–Trinajstić information content (AvgIpc) is 2.61. The van der Waals surface area contributed by atoms with Crippen molar-refractivity contribution < 1.29 is 27.1 Å². The highest BCUT2D eigenvalue weighted by Gasteiger charge is 2.20. The lowest BCUT2D eigenvalue weighted by Gasteiger charge is -2.10. The zero-order valence-corrected chi connectivity index (χ0v) is 15.7. The quantitative estimate of drug-likeness (QED) is 0.676. The van der Waals surface area contributed by atoms with E-state index >= 15 is 0 Å². The normalized spacial score (nSPS) is 11.1. The molecule has 0 bridgehead atoms. The number of rotatable bonds is 7. The van der Waals surface area contributed by atoms with Crippen molar-refractivity contribution in [1.82, 2.24) is 4.72 Å². The minimum absolute atomic E-state index is 0.501. The maximum Gasteiger partial charge on any atom is 0.321 e. The molecule has 2 aromatic rings. The molecule has 0 aromatic heterocycles. The first kappa shape index (κ1) is 20.8. The second-order valence-corrected chi connectivity index (χ2v) is 7.59. The van der Waals surface area contributed by atoms with Crippen molar-refractivity contribution in [2.45, 2.75) is 11.8 Å². The molecule has 1 amide bonds. The summed E-state index contributed by atoms with van der Waals surface area (Å²) in [6, 6.07) is 9.57. The molecule has 0 spiro atoms. The summed E-state index contributed by atoms with van der Waals surface area (Å²) in [5.74, 6) is -2.54. The molecule has 2 rings (SSSR count). The van der Waals surface area contributed by atoms with E-state index in [0.29, 0.717) is 10.7 Å². The molecule has 0 aliphatic rings. The van der Waals surface area contributed by atoms with Gasteiger partial charge in [0, 0.05) is 10.7 Å². The second-order valence-electron chi connectivity index (χ2n) is 5.42. The van der Waals surface area contributed by atoms with Gasteiger partial charge in [0.05, 0.1) is 0 Å². The number of amides is 1. The molecule has 7 nitrogen and oxygen atoms in total. The van der Waals surface area contributed by atoms with Crippen LogP contribution in [-0.4, -0.2) is 33.4 Å². The fraction of sp³-hybridized carbons (Fsp3) is 0.176. The number of halogens is 2. The molecule has 144 valence electrons. The van der Waals surface area contributed by atoms with Crippen LogP contribution in [0.1, 0.15) is 5.56 Å². The molecule has 0 saturated carbocycles. The highest BCUT2D eigenvalue weighted by atomic mass is 35.5. The lowest BCUT2D eigenvalue weighted by Crippen LogP contribution is -2.32. The van der Waals surface area contributed by atoms with E-state index in [-0.39, 0.29) is 0 Å². The van der Waals surface area contributed by atoms with Crippen LogP contribution < -0.4 is 10.0 Å². The van der Waals surface area contributed by atoms with Crippen molar-refractivity contribution in [3.8, 4) is 0 Å².